The molecule has 2 N–H and O–H groups in total. The third-order valence-electron chi connectivity index (χ3n) is 2.26. The van der Waals surface area contributed by atoms with E-state index in [9.17, 15) is 13.6 Å². The number of halogens is 3. The molecule has 0 aliphatic carbocycles. The van der Waals surface area contributed by atoms with Gasteiger partial charge in [-0.15, -0.1) is 0 Å². The van der Waals surface area contributed by atoms with Crippen LogP contribution in [0.1, 0.15) is 23.7 Å². The quantitative estimate of drug-likeness (QED) is 0.685. The maximum Gasteiger partial charge on any atom is 0.169 e. The maximum absolute atomic E-state index is 13.5. The Labute approximate surface area is 101 Å². The number of benzene rings is 1. The minimum absolute atomic E-state index is 0.0425. The fourth-order valence-electron chi connectivity index (χ4n) is 1.28. The van der Waals surface area contributed by atoms with Crippen molar-refractivity contribution in [1.29, 1.82) is 0 Å². The fourth-order valence-corrected chi connectivity index (χ4v) is 1.61. The summed E-state index contributed by atoms with van der Waals surface area (Å²) in [5, 5.41) is 0. The lowest BCUT2D eigenvalue weighted by molar-refractivity contribution is 0.0957. The highest BCUT2D eigenvalue weighted by Crippen LogP contribution is 2.23. The van der Waals surface area contributed by atoms with E-state index in [0.29, 0.717) is 6.54 Å². The number of rotatable bonds is 4. The molecule has 0 spiro atoms. The molecule has 5 heteroatoms. The predicted molar refractivity (Wildman–Crippen MR) is 61.2 cm³/mol. The average molecular weight is 292 g/mol. The van der Waals surface area contributed by atoms with Crippen molar-refractivity contribution in [3.05, 3.63) is 33.8 Å². The van der Waals surface area contributed by atoms with Crippen molar-refractivity contribution in [2.45, 2.75) is 13.3 Å². The molecule has 1 rings (SSSR count). The lowest BCUT2D eigenvalue weighted by atomic mass is 9.99. The molecule has 0 aliphatic heterocycles. The number of Topliss-reactive ketones (excluding diaryl/α,β-unsaturated/α-hetero) is 1. The van der Waals surface area contributed by atoms with E-state index in [2.05, 4.69) is 15.9 Å². The lowest BCUT2D eigenvalue weighted by Gasteiger charge is -2.09. The topological polar surface area (TPSA) is 43.1 Å². The first-order chi connectivity index (χ1) is 7.47. The Morgan fingerprint density at radius 3 is 2.69 bits per heavy atom. The smallest absolute Gasteiger partial charge is 0.169 e. The Morgan fingerprint density at radius 1 is 1.50 bits per heavy atom. The summed E-state index contributed by atoms with van der Waals surface area (Å²) in [7, 11) is 0. The summed E-state index contributed by atoms with van der Waals surface area (Å²) in [6, 6.07) is 2.29. The third kappa shape index (κ3) is 2.86. The van der Waals surface area contributed by atoms with E-state index in [1.807, 2.05) is 0 Å². The van der Waals surface area contributed by atoms with Crippen molar-refractivity contribution in [2.75, 3.05) is 6.54 Å². The largest absolute Gasteiger partial charge is 0.330 e. The molecule has 0 amide bonds. The van der Waals surface area contributed by atoms with Gasteiger partial charge in [0.2, 0.25) is 0 Å². The summed E-state index contributed by atoms with van der Waals surface area (Å²) in [6.07, 6.45) is 0.0425. The standard InChI is InChI=1S/C11H12BrF2NO/c1-6(5-15)4-9(16)10-8(13)3-2-7(12)11(10)14/h2-3,6H,4-5,15H2,1H3. The van der Waals surface area contributed by atoms with Gasteiger partial charge < -0.3 is 5.73 Å². The normalized spacial score (nSPS) is 12.6. The van der Waals surface area contributed by atoms with Crippen LogP contribution in [-0.2, 0) is 0 Å². The number of carbonyl (C=O) groups is 1. The molecular weight excluding hydrogens is 280 g/mol. The zero-order valence-corrected chi connectivity index (χ0v) is 10.4. The Morgan fingerprint density at radius 2 is 2.12 bits per heavy atom. The van der Waals surface area contributed by atoms with Crippen molar-refractivity contribution in [3.63, 3.8) is 0 Å². The molecule has 0 aromatic heterocycles. The van der Waals surface area contributed by atoms with Crippen LogP contribution in [0, 0.1) is 17.6 Å². The van der Waals surface area contributed by atoms with E-state index in [1.165, 1.54) is 6.07 Å². The monoisotopic (exact) mass is 291 g/mol. The zero-order chi connectivity index (χ0) is 12.3. The van der Waals surface area contributed by atoms with Crippen LogP contribution in [0.5, 0.6) is 0 Å². The van der Waals surface area contributed by atoms with Crippen LogP contribution in [0.2, 0.25) is 0 Å². The summed E-state index contributed by atoms with van der Waals surface area (Å²) >= 11 is 2.91. The Bertz CT molecular complexity index is 409. The number of ketones is 1. The highest BCUT2D eigenvalue weighted by atomic mass is 79.9. The molecule has 2 nitrogen and oxygen atoms in total. The molecule has 0 radical (unpaired) electrons. The molecular formula is C11H12BrF2NO. The maximum atomic E-state index is 13.5. The number of nitrogens with two attached hydrogens (primary N) is 1. The van der Waals surface area contributed by atoms with Crippen molar-refractivity contribution >= 4 is 21.7 Å². The van der Waals surface area contributed by atoms with E-state index >= 15 is 0 Å². The lowest BCUT2D eigenvalue weighted by Crippen LogP contribution is -2.17. The van der Waals surface area contributed by atoms with Crippen LogP contribution in [0.3, 0.4) is 0 Å². The summed E-state index contributed by atoms with van der Waals surface area (Å²) in [5.74, 6) is -2.34. The molecule has 0 saturated carbocycles. The van der Waals surface area contributed by atoms with Crippen LogP contribution >= 0.6 is 15.9 Å². The second kappa shape index (κ2) is 5.50. The molecule has 1 atom stereocenters. The van der Waals surface area contributed by atoms with Gasteiger partial charge in [-0.2, -0.15) is 0 Å². The van der Waals surface area contributed by atoms with E-state index in [-0.39, 0.29) is 16.8 Å². The second-order valence-corrected chi connectivity index (χ2v) is 4.54. The summed E-state index contributed by atoms with van der Waals surface area (Å²) in [5.41, 5.74) is 4.86. The summed E-state index contributed by atoms with van der Waals surface area (Å²) in [6.45, 7) is 2.06. The SMILES string of the molecule is CC(CN)CC(=O)c1c(F)ccc(Br)c1F. The van der Waals surface area contributed by atoms with E-state index < -0.39 is 23.0 Å². The Hall–Kier alpha value is -0.810. The molecule has 0 heterocycles. The van der Waals surface area contributed by atoms with Gasteiger partial charge in [-0.3, -0.25) is 4.79 Å². The highest BCUT2D eigenvalue weighted by molar-refractivity contribution is 9.10. The number of hydrogen-bond acceptors (Lipinski definition) is 2. The van der Waals surface area contributed by atoms with Crippen LogP contribution < -0.4 is 5.73 Å². The van der Waals surface area contributed by atoms with Gasteiger partial charge in [0, 0.05) is 6.42 Å². The molecule has 0 aliphatic rings. The van der Waals surface area contributed by atoms with Crippen molar-refractivity contribution < 1.29 is 13.6 Å². The molecule has 16 heavy (non-hydrogen) atoms. The number of carbonyl (C=O) groups excluding carboxylic acids is 1. The van der Waals surface area contributed by atoms with Gasteiger partial charge in [-0.25, -0.2) is 8.78 Å². The second-order valence-electron chi connectivity index (χ2n) is 3.69. The summed E-state index contributed by atoms with van der Waals surface area (Å²) < 4.78 is 26.9. The molecule has 88 valence electrons. The van der Waals surface area contributed by atoms with E-state index in [1.54, 1.807) is 6.92 Å². The van der Waals surface area contributed by atoms with Crippen LogP contribution in [-0.4, -0.2) is 12.3 Å². The molecule has 0 fully saturated rings. The zero-order valence-electron chi connectivity index (χ0n) is 8.77. The molecule has 1 aromatic rings. The van der Waals surface area contributed by atoms with Crippen LogP contribution in [0.4, 0.5) is 8.78 Å². The fraction of sp³-hybridized carbons (Fsp3) is 0.364. The van der Waals surface area contributed by atoms with E-state index in [0.717, 1.165) is 6.07 Å². The Kier molecular flexibility index (Phi) is 4.56. The van der Waals surface area contributed by atoms with Gasteiger partial charge in [0.25, 0.3) is 0 Å². The number of hydrogen-bond donors (Lipinski definition) is 1. The highest BCUT2D eigenvalue weighted by Gasteiger charge is 2.20. The van der Waals surface area contributed by atoms with Gasteiger partial charge in [0.1, 0.15) is 5.82 Å². The van der Waals surface area contributed by atoms with Crippen LogP contribution in [0.15, 0.2) is 16.6 Å². The van der Waals surface area contributed by atoms with Gasteiger partial charge in [0.05, 0.1) is 10.0 Å². The molecule has 1 aromatic carbocycles. The minimum atomic E-state index is -0.853. The van der Waals surface area contributed by atoms with E-state index in [4.69, 9.17) is 5.73 Å². The first kappa shape index (κ1) is 13.3. The first-order valence-electron chi connectivity index (χ1n) is 4.84. The third-order valence-corrected chi connectivity index (χ3v) is 2.87. The van der Waals surface area contributed by atoms with Gasteiger partial charge >= 0.3 is 0 Å². The molecule has 0 bridgehead atoms. The predicted octanol–water partition coefficient (Wildman–Crippen LogP) is 2.89. The summed E-state index contributed by atoms with van der Waals surface area (Å²) in [4.78, 5) is 11.7. The van der Waals surface area contributed by atoms with Gasteiger partial charge in [0.15, 0.2) is 11.6 Å². The molecule has 0 saturated heterocycles. The Balaban J connectivity index is 3.03. The first-order valence-corrected chi connectivity index (χ1v) is 5.63. The van der Waals surface area contributed by atoms with Crippen molar-refractivity contribution in [3.8, 4) is 0 Å². The van der Waals surface area contributed by atoms with Gasteiger partial charge in [-0.1, -0.05) is 6.92 Å². The van der Waals surface area contributed by atoms with Crippen LogP contribution in [0.25, 0.3) is 0 Å². The average Bonchev–Trinajstić information content (AvgIpc) is 2.24. The van der Waals surface area contributed by atoms with Gasteiger partial charge in [-0.05, 0) is 40.5 Å². The van der Waals surface area contributed by atoms with Crippen molar-refractivity contribution in [2.24, 2.45) is 11.7 Å². The van der Waals surface area contributed by atoms with Crippen molar-refractivity contribution in [1.82, 2.24) is 0 Å². The molecule has 1 unspecified atom stereocenters. The minimum Gasteiger partial charge on any atom is -0.330 e.